The lowest BCUT2D eigenvalue weighted by molar-refractivity contribution is -0.136. The molecule has 9 heteroatoms. The van der Waals surface area contributed by atoms with Crippen molar-refractivity contribution in [3.05, 3.63) is 35.9 Å². The van der Waals surface area contributed by atoms with Gasteiger partial charge in [0.15, 0.2) is 15.1 Å². The van der Waals surface area contributed by atoms with Crippen molar-refractivity contribution in [1.29, 1.82) is 0 Å². The van der Waals surface area contributed by atoms with Gasteiger partial charge in [0.05, 0.1) is 0 Å². The van der Waals surface area contributed by atoms with Gasteiger partial charge in [0, 0.05) is 0 Å². The smallest absolute Gasteiger partial charge is 0.322 e. The Kier molecular flexibility index (Phi) is 5.42. The van der Waals surface area contributed by atoms with Gasteiger partial charge in [-0.3, -0.25) is 14.9 Å². The Morgan fingerprint density at radius 2 is 1.76 bits per heavy atom. The molecule has 0 saturated carbocycles. The lowest BCUT2D eigenvalue weighted by Crippen LogP contribution is -2.43. The third-order valence-electron chi connectivity index (χ3n) is 2.57. The van der Waals surface area contributed by atoms with Crippen LogP contribution in [0.1, 0.15) is 5.56 Å². The number of hydrogen-bond acceptors (Lipinski definition) is 5. The number of benzene rings is 1. The maximum Gasteiger partial charge on any atom is 0.322 e. The van der Waals surface area contributed by atoms with E-state index in [-0.39, 0.29) is 6.42 Å². The monoisotopic (exact) mass is 314 g/mol. The second-order valence-corrected chi connectivity index (χ2v) is 6.42. The van der Waals surface area contributed by atoms with Crippen LogP contribution in [0.15, 0.2) is 30.3 Å². The summed E-state index contributed by atoms with van der Waals surface area (Å²) in [5.74, 6) is -3.85. The van der Waals surface area contributed by atoms with E-state index in [1.165, 1.54) is 0 Å². The van der Waals surface area contributed by atoms with Crippen LogP contribution in [0.4, 0.5) is 4.79 Å². The van der Waals surface area contributed by atoms with Crippen molar-refractivity contribution in [3.8, 4) is 0 Å². The van der Waals surface area contributed by atoms with Crippen LogP contribution in [0.2, 0.25) is 0 Å². The highest BCUT2D eigenvalue weighted by Gasteiger charge is 2.34. The molecule has 1 unspecified atom stereocenters. The minimum absolute atomic E-state index is 0.275. The second kappa shape index (κ2) is 6.84. The number of aliphatic carboxylic acids is 1. The van der Waals surface area contributed by atoms with Crippen LogP contribution in [0.3, 0.4) is 0 Å². The molecule has 21 heavy (non-hydrogen) atoms. The van der Waals surface area contributed by atoms with Crippen LogP contribution in [-0.4, -0.2) is 42.4 Å². The fourth-order valence-corrected chi connectivity index (χ4v) is 3.05. The summed E-state index contributed by atoms with van der Waals surface area (Å²) in [5.41, 5.74) is 5.19. The van der Waals surface area contributed by atoms with Crippen LogP contribution in [-0.2, 0) is 25.8 Å². The third-order valence-corrected chi connectivity index (χ3v) is 4.47. The number of sulfone groups is 1. The number of carboxylic acids is 1. The summed E-state index contributed by atoms with van der Waals surface area (Å²) in [7, 11) is -4.28. The summed E-state index contributed by atoms with van der Waals surface area (Å²) in [4.78, 5) is 32.9. The number of carboxylic acid groups (broad SMARTS) is 1. The molecule has 0 spiro atoms. The van der Waals surface area contributed by atoms with Gasteiger partial charge in [-0.15, -0.1) is 0 Å². The topological polar surface area (TPSA) is 144 Å². The average molecular weight is 314 g/mol. The lowest BCUT2D eigenvalue weighted by Gasteiger charge is -2.13. The molecule has 1 aromatic carbocycles. The van der Waals surface area contributed by atoms with Gasteiger partial charge in [-0.1, -0.05) is 30.3 Å². The third kappa shape index (κ3) is 5.22. The van der Waals surface area contributed by atoms with E-state index in [0.717, 1.165) is 0 Å². The zero-order valence-corrected chi connectivity index (χ0v) is 11.7. The highest BCUT2D eigenvalue weighted by atomic mass is 32.2. The van der Waals surface area contributed by atoms with Gasteiger partial charge in [-0.2, -0.15) is 0 Å². The summed E-state index contributed by atoms with van der Waals surface area (Å²) in [6.45, 7) is 0. The van der Waals surface area contributed by atoms with Gasteiger partial charge in [-0.05, 0) is 12.0 Å². The number of hydrogen-bond donors (Lipinski definition) is 3. The highest BCUT2D eigenvalue weighted by Crippen LogP contribution is 2.12. The summed E-state index contributed by atoms with van der Waals surface area (Å²) >= 11 is 0. The number of carbonyl (C=O) groups is 3. The first-order valence-electron chi connectivity index (χ1n) is 5.80. The molecule has 0 aliphatic heterocycles. The largest absolute Gasteiger partial charge is 0.480 e. The summed E-state index contributed by atoms with van der Waals surface area (Å²) in [5, 5.41) is 8.87. The SMILES string of the molecule is NC(=O)NC(=O)CS(=O)(=O)C(Cc1ccccc1)C(=O)O. The van der Waals surface area contributed by atoms with Crippen molar-refractivity contribution >= 4 is 27.7 Å². The predicted octanol–water partition coefficient (Wildman–Crippen LogP) is -0.708. The van der Waals surface area contributed by atoms with Crippen LogP contribution in [0.5, 0.6) is 0 Å². The molecule has 4 N–H and O–H groups in total. The normalized spacial score (nSPS) is 12.4. The zero-order valence-electron chi connectivity index (χ0n) is 10.9. The quantitative estimate of drug-likeness (QED) is 0.633. The van der Waals surface area contributed by atoms with Gasteiger partial charge in [-0.25, -0.2) is 13.2 Å². The minimum Gasteiger partial charge on any atom is -0.480 e. The highest BCUT2D eigenvalue weighted by molar-refractivity contribution is 7.93. The van der Waals surface area contributed by atoms with Crippen LogP contribution >= 0.6 is 0 Å². The molecule has 1 aromatic rings. The number of primary amides is 1. The maximum atomic E-state index is 12.0. The molecule has 0 aromatic heterocycles. The molecule has 3 amide bonds. The Balaban J connectivity index is 2.91. The molecule has 1 atom stereocenters. The molecule has 1 rings (SSSR count). The number of nitrogens with two attached hydrogens (primary N) is 1. The standard InChI is InChI=1S/C12H14N2O6S/c13-12(18)14-10(15)7-21(19,20)9(11(16)17)6-8-4-2-1-3-5-8/h1-5,9H,6-7H2,(H,16,17)(H3,13,14,15,18). The van der Waals surface area contributed by atoms with Crippen molar-refractivity contribution in [2.45, 2.75) is 11.7 Å². The Hall–Kier alpha value is -2.42. The van der Waals surface area contributed by atoms with E-state index in [9.17, 15) is 22.8 Å². The van der Waals surface area contributed by atoms with E-state index in [4.69, 9.17) is 5.11 Å². The van der Waals surface area contributed by atoms with Gasteiger partial charge in [0.2, 0.25) is 5.91 Å². The van der Waals surface area contributed by atoms with E-state index in [2.05, 4.69) is 5.73 Å². The summed E-state index contributed by atoms with van der Waals surface area (Å²) in [6, 6.07) is 6.93. The van der Waals surface area contributed by atoms with Gasteiger partial charge in [0.25, 0.3) is 0 Å². The average Bonchev–Trinajstić information content (AvgIpc) is 2.34. The first kappa shape index (κ1) is 16.6. The number of nitrogens with one attached hydrogen (secondary N) is 1. The molecule has 0 aliphatic rings. The van der Waals surface area contributed by atoms with Crippen LogP contribution < -0.4 is 11.1 Å². The zero-order chi connectivity index (χ0) is 16.0. The van der Waals surface area contributed by atoms with E-state index in [0.29, 0.717) is 5.56 Å². The molecule has 0 radical (unpaired) electrons. The molecule has 0 heterocycles. The number of urea groups is 1. The Morgan fingerprint density at radius 3 is 2.24 bits per heavy atom. The summed E-state index contributed by atoms with van der Waals surface area (Å²) in [6.07, 6.45) is -0.275. The first-order chi connectivity index (χ1) is 9.72. The Labute approximate surface area is 120 Å². The Bertz CT molecular complexity index is 641. The van der Waals surface area contributed by atoms with E-state index >= 15 is 0 Å². The number of amides is 3. The molecular formula is C12H14N2O6S. The van der Waals surface area contributed by atoms with E-state index < -0.39 is 38.7 Å². The van der Waals surface area contributed by atoms with Crippen LogP contribution in [0.25, 0.3) is 0 Å². The first-order valence-corrected chi connectivity index (χ1v) is 7.51. The molecule has 0 fully saturated rings. The van der Waals surface area contributed by atoms with Gasteiger partial charge >= 0.3 is 12.0 Å². The molecule has 0 bridgehead atoms. The van der Waals surface area contributed by atoms with Gasteiger partial charge in [0.1, 0.15) is 5.75 Å². The van der Waals surface area contributed by atoms with E-state index in [1.54, 1.807) is 35.6 Å². The molecule has 0 saturated heterocycles. The van der Waals surface area contributed by atoms with Gasteiger partial charge < -0.3 is 10.8 Å². The van der Waals surface area contributed by atoms with Crippen molar-refractivity contribution in [3.63, 3.8) is 0 Å². The predicted molar refractivity (Wildman–Crippen MR) is 73.1 cm³/mol. The summed E-state index contributed by atoms with van der Waals surface area (Å²) < 4.78 is 23.9. The number of carbonyl (C=O) groups excluding carboxylic acids is 2. The maximum absolute atomic E-state index is 12.0. The minimum atomic E-state index is -4.28. The molecule has 8 nitrogen and oxygen atoms in total. The second-order valence-electron chi connectivity index (χ2n) is 4.24. The van der Waals surface area contributed by atoms with Crippen molar-refractivity contribution in [2.24, 2.45) is 5.73 Å². The van der Waals surface area contributed by atoms with Crippen molar-refractivity contribution in [2.75, 3.05) is 5.75 Å². The van der Waals surface area contributed by atoms with Crippen LogP contribution in [0, 0.1) is 0 Å². The van der Waals surface area contributed by atoms with Crippen molar-refractivity contribution in [1.82, 2.24) is 5.32 Å². The number of imide groups is 1. The van der Waals surface area contributed by atoms with E-state index in [1.807, 2.05) is 0 Å². The lowest BCUT2D eigenvalue weighted by atomic mass is 10.1. The molecule has 0 aliphatic carbocycles. The fraction of sp³-hybridized carbons (Fsp3) is 0.250. The van der Waals surface area contributed by atoms with Crippen molar-refractivity contribution < 1.29 is 27.9 Å². The fourth-order valence-electron chi connectivity index (χ4n) is 1.65. The molecular weight excluding hydrogens is 300 g/mol. The molecule has 114 valence electrons. The Morgan fingerprint density at radius 1 is 1.19 bits per heavy atom. The number of rotatable bonds is 6.